The van der Waals surface area contributed by atoms with E-state index in [4.69, 9.17) is 11.0 Å². The SMILES string of the molecule is C/C(C#N)=C(\C=C(/C)N)OC(F)(F)F. The van der Waals surface area contributed by atoms with E-state index in [9.17, 15) is 13.2 Å². The first-order chi connectivity index (χ1) is 6.26. The van der Waals surface area contributed by atoms with Gasteiger partial charge in [-0.05, 0) is 19.9 Å². The predicted molar refractivity (Wildman–Crippen MR) is 43.4 cm³/mol. The second kappa shape index (κ2) is 4.56. The molecule has 2 N–H and O–H groups in total. The Bertz CT molecular complexity index is 306. The molecule has 0 aliphatic heterocycles. The van der Waals surface area contributed by atoms with Gasteiger partial charge >= 0.3 is 6.36 Å². The van der Waals surface area contributed by atoms with Gasteiger partial charge in [0.05, 0.1) is 11.6 Å². The highest BCUT2D eigenvalue weighted by molar-refractivity contribution is 5.30. The zero-order chi connectivity index (χ0) is 11.4. The van der Waals surface area contributed by atoms with Crippen molar-refractivity contribution >= 4 is 0 Å². The van der Waals surface area contributed by atoms with Gasteiger partial charge in [-0.25, -0.2) is 0 Å². The second-order valence-electron chi connectivity index (χ2n) is 2.54. The zero-order valence-corrected chi connectivity index (χ0v) is 7.64. The van der Waals surface area contributed by atoms with Gasteiger partial charge in [-0.2, -0.15) is 5.26 Å². The molecule has 0 saturated carbocycles. The molecular formula is C8H9F3N2O. The van der Waals surface area contributed by atoms with Crippen molar-refractivity contribution in [3.63, 3.8) is 0 Å². The highest BCUT2D eigenvalue weighted by atomic mass is 19.4. The quantitative estimate of drug-likeness (QED) is 0.428. The Kier molecular flexibility index (Phi) is 4.02. The smallest absolute Gasteiger partial charge is 0.405 e. The van der Waals surface area contributed by atoms with Crippen LogP contribution in [-0.2, 0) is 4.74 Å². The first-order valence-electron chi connectivity index (χ1n) is 3.56. The minimum absolute atomic E-state index is 0.124. The van der Waals surface area contributed by atoms with Crippen LogP contribution in [0, 0.1) is 11.3 Å². The van der Waals surface area contributed by atoms with Gasteiger partial charge < -0.3 is 10.5 Å². The van der Waals surface area contributed by atoms with E-state index in [1.807, 2.05) is 0 Å². The minimum atomic E-state index is -4.82. The summed E-state index contributed by atoms with van der Waals surface area (Å²) in [4.78, 5) is 0. The highest BCUT2D eigenvalue weighted by Crippen LogP contribution is 2.23. The first kappa shape index (κ1) is 12.4. The Hall–Kier alpha value is -1.64. The van der Waals surface area contributed by atoms with E-state index in [1.165, 1.54) is 13.8 Å². The van der Waals surface area contributed by atoms with Crippen molar-refractivity contribution in [1.29, 1.82) is 5.26 Å². The minimum Gasteiger partial charge on any atom is -0.405 e. The van der Waals surface area contributed by atoms with Gasteiger partial charge in [0, 0.05) is 5.70 Å². The molecule has 0 rings (SSSR count). The summed E-state index contributed by atoms with van der Waals surface area (Å²) in [5.74, 6) is -0.583. The number of allylic oxidation sites excluding steroid dienone is 3. The fraction of sp³-hybridized carbons (Fsp3) is 0.375. The molecule has 0 heterocycles. The molecule has 0 atom stereocenters. The number of halogens is 3. The van der Waals surface area contributed by atoms with Crippen LogP contribution in [0.5, 0.6) is 0 Å². The van der Waals surface area contributed by atoms with Gasteiger partial charge in [-0.15, -0.1) is 13.2 Å². The molecule has 0 radical (unpaired) electrons. The fourth-order valence-electron chi connectivity index (χ4n) is 0.601. The molecule has 0 amide bonds. The summed E-state index contributed by atoms with van der Waals surface area (Å²) >= 11 is 0. The zero-order valence-electron chi connectivity index (χ0n) is 7.64. The van der Waals surface area contributed by atoms with Crippen LogP contribution in [0.25, 0.3) is 0 Å². The topological polar surface area (TPSA) is 59.0 Å². The lowest BCUT2D eigenvalue weighted by molar-refractivity contribution is -0.303. The van der Waals surface area contributed by atoms with E-state index >= 15 is 0 Å². The number of hydrogen-bond donors (Lipinski definition) is 1. The molecule has 6 heteroatoms. The third kappa shape index (κ3) is 5.09. The maximum atomic E-state index is 11.8. The Labute approximate surface area is 79.3 Å². The van der Waals surface area contributed by atoms with Crippen molar-refractivity contribution in [2.75, 3.05) is 0 Å². The van der Waals surface area contributed by atoms with Crippen LogP contribution >= 0.6 is 0 Å². The van der Waals surface area contributed by atoms with E-state index in [2.05, 4.69) is 4.74 Å². The van der Waals surface area contributed by atoms with Crippen molar-refractivity contribution < 1.29 is 17.9 Å². The van der Waals surface area contributed by atoms with Crippen LogP contribution in [0.2, 0.25) is 0 Å². The summed E-state index contributed by atoms with van der Waals surface area (Å²) in [6.45, 7) is 2.60. The third-order valence-corrected chi connectivity index (χ3v) is 1.12. The van der Waals surface area contributed by atoms with Gasteiger partial charge in [0.15, 0.2) is 0 Å². The first-order valence-corrected chi connectivity index (χ1v) is 3.56. The maximum absolute atomic E-state index is 11.8. The summed E-state index contributed by atoms with van der Waals surface area (Å²) in [5, 5.41) is 8.39. The monoisotopic (exact) mass is 206 g/mol. The normalized spacial score (nSPS) is 14.4. The van der Waals surface area contributed by atoms with E-state index in [0.717, 1.165) is 6.08 Å². The summed E-state index contributed by atoms with van der Waals surface area (Å²) < 4.78 is 39.1. The van der Waals surface area contributed by atoms with E-state index in [0.29, 0.717) is 0 Å². The summed E-state index contributed by atoms with van der Waals surface area (Å²) in [7, 11) is 0. The van der Waals surface area contributed by atoms with Gasteiger partial charge in [0.2, 0.25) is 0 Å². The Morgan fingerprint density at radius 2 is 1.93 bits per heavy atom. The van der Waals surface area contributed by atoms with Crippen molar-refractivity contribution in [3.8, 4) is 6.07 Å². The fourth-order valence-corrected chi connectivity index (χ4v) is 0.601. The largest absolute Gasteiger partial charge is 0.573 e. The highest BCUT2D eigenvalue weighted by Gasteiger charge is 2.32. The Morgan fingerprint density at radius 1 is 1.43 bits per heavy atom. The molecule has 0 aromatic rings. The number of hydrogen-bond acceptors (Lipinski definition) is 3. The van der Waals surface area contributed by atoms with Crippen LogP contribution in [0.3, 0.4) is 0 Å². The standard InChI is InChI=1S/C8H9F3N2O/c1-5(4-12)7(3-6(2)13)14-8(9,10)11/h3H,13H2,1-2H3/b6-3+,7-5-. The molecule has 0 aromatic heterocycles. The number of nitrogens with two attached hydrogens (primary N) is 1. The molecular weight excluding hydrogens is 197 g/mol. The van der Waals surface area contributed by atoms with E-state index in [-0.39, 0.29) is 11.3 Å². The van der Waals surface area contributed by atoms with Crippen LogP contribution in [0.1, 0.15) is 13.8 Å². The lowest BCUT2D eigenvalue weighted by Crippen LogP contribution is -2.13. The Balaban J connectivity index is 4.98. The lowest BCUT2D eigenvalue weighted by atomic mass is 10.2. The number of nitriles is 1. The van der Waals surface area contributed by atoms with Crippen molar-refractivity contribution in [1.82, 2.24) is 0 Å². The molecule has 0 unspecified atom stereocenters. The molecule has 14 heavy (non-hydrogen) atoms. The number of nitrogens with zero attached hydrogens (tertiary/aromatic N) is 1. The second-order valence-corrected chi connectivity index (χ2v) is 2.54. The lowest BCUT2D eigenvalue weighted by Gasteiger charge is -2.10. The average molecular weight is 206 g/mol. The van der Waals surface area contributed by atoms with Crippen LogP contribution in [0.15, 0.2) is 23.1 Å². The summed E-state index contributed by atoms with van der Waals surface area (Å²) in [6.07, 6.45) is -3.87. The van der Waals surface area contributed by atoms with Crippen LogP contribution in [-0.4, -0.2) is 6.36 Å². The molecule has 0 fully saturated rings. The van der Waals surface area contributed by atoms with E-state index < -0.39 is 12.1 Å². The van der Waals surface area contributed by atoms with Crippen LogP contribution < -0.4 is 5.73 Å². The third-order valence-electron chi connectivity index (χ3n) is 1.12. The molecule has 0 bridgehead atoms. The molecule has 0 spiro atoms. The van der Waals surface area contributed by atoms with Crippen molar-refractivity contribution in [3.05, 3.63) is 23.1 Å². The van der Waals surface area contributed by atoms with E-state index in [1.54, 1.807) is 6.07 Å². The molecule has 0 saturated heterocycles. The van der Waals surface area contributed by atoms with Gasteiger partial charge in [-0.1, -0.05) is 0 Å². The summed E-state index contributed by atoms with van der Waals surface area (Å²) in [5.41, 5.74) is 5.11. The number of rotatable bonds is 2. The number of alkyl halides is 3. The average Bonchev–Trinajstić information content (AvgIpc) is 1.98. The number of ether oxygens (including phenoxy) is 1. The molecule has 0 aliphatic rings. The van der Waals surface area contributed by atoms with Gasteiger partial charge in [0.25, 0.3) is 0 Å². The summed E-state index contributed by atoms with van der Waals surface area (Å²) in [6, 6.07) is 1.55. The van der Waals surface area contributed by atoms with Gasteiger partial charge in [-0.3, -0.25) is 0 Å². The van der Waals surface area contributed by atoms with Gasteiger partial charge in [0.1, 0.15) is 5.76 Å². The van der Waals surface area contributed by atoms with Crippen molar-refractivity contribution in [2.24, 2.45) is 5.73 Å². The maximum Gasteiger partial charge on any atom is 0.573 e. The molecule has 3 nitrogen and oxygen atoms in total. The Morgan fingerprint density at radius 3 is 2.21 bits per heavy atom. The molecule has 78 valence electrons. The molecule has 0 aliphatic carbocycles. The predicted octanol–water partition coefficient (Wildman–Crippen LogP) is 2.18. The van der Waals surface area contributed by atoms with Crippen LogP contribution in [0.4, 0.5) is 13.2 Å². The van der Waals surface area contributed by atoms with Crippen molar-refractivity contribution in [2.45, 2.75) is 20.2 Å². The molecule has 0 aromatic carbocycles.